The summed E-state index contributed by atoms with van der Waals surface area (Å²) in [6.45, 7) is 5.40. The molecule has 0 bridgehead atoms. The van der Waals surface area contributed by atoms with Gasteiger partial charge in [0.2, 0.25) is 0 Å². The summed E-state index contributed by atoms with van der Waals surface area (Å²) in [7, 11) is 0. The molecule has 1 unspecified atom stereocenters. The molecule has 2 aliphatic rings. The number of fused-ring (bicyclic) bond motifs is 3. The second kappa shape index (κ2) is 5.60. The predicted octanol–water partition coefficient (Wildman–Crippen LogP) is 4.04. The second-order valence-electron chi connectivity index (χ2n) is 6.32. The molecule has 114 valence electrons. The molecule has 0 aromatic heterocycles. The van der Waals surface area contributed by atoms with Crippen LogP contribution >= 0.6 is 11.6 Å². The van der Waals surface area contributed by atoms with E-state index in [0.29, 0.717) is 6.04 Å². The Labute approximate surface area is 137 Å². The van der Waals surface area contributed by atoms with E-state index in [1.54, 1.807) is 0 Å². The average Bonchev–Trinajstić information content (AvgIpc) is 2.72. The number of nitrogens with one attached hydrogen (secondary N) is 1. The zero-order chi connectivity index (χ0) is 15.1. The van der Waals surface area contributed by atoms with Crippen molar-refractivity contribution in [3.8, 4) is 11.1 Å². The van der Waals surface area contributed by atoms with Crippen molar-refractivity contribution < 1.29 is 0 Å². The van der Waals surface area contributed by atoms with Crippen molar-refractivity contribution in [3.05, 3.63) is 52.5 Å². The molecule has 2 nitrogen and oxygen atoms in total. The molecule has 2 aromatic rings. The first-order valence-corrected chi connectivity index (χ1v) is 8.48. The van der Waals surface area contributed by atoms with E-state index in [4.69, 9.17) is 11.6 Å². The van der Waals surface area contributed by atoms with Gasteiger partial charge in [-0.3, -0.25) is 0 Å². The molecule has 1 atom stereocenters. The molecular formula is C19H21ClN2. The number of nitrogens with zero attached hydrogens (tertiary/aromatic N) is 1. The highest BCUT2D eigenvalue weighted by Gasteiger charge is 2.32. The van der Waals surface area contributed by atoms with Gasteiger partial charge in [0.1, 0.15) is 0 Å². The smallest absolute Gasteiger partial charge is 0.0482 e. The number of anilines is 1. The molecule has 2 aromatic carbocycles. The molecule has 1 N–H and O–H groups in total. The van der Waals surface area contributed by atoms with Crippen LogP contribution in [0, 0.1) is 6.92 Å². The van der Waals surface area contributed by atoms with Crippen molar-refractivity contribution in [2.45, 2.75) is 25.8 Å². The fraction of sp³-hybridized carbons (Fsp3) is 0.368. The van der Waals surface area contributed by atoms with Crippen molar-refractivity contribution in [1.82, 2.24) is 5.32 Å². The Morgan fingerprint density at radius 3 is 2.82 bits per heavy atom. The van der Waals surface area contributed by atoms with Crippen LogP contribution in [0.25, 0.3) is 11.1 Å². The van der Waals surface area contributed by atoms with Crippen molar-refractivity contribution >= 4 is 17.3 Å². The highest BCUT2D eigenvalue weighted by Crippen LogP contribution is 2.43. The van der Waals surface area contributed by atoms with E-state index in [2.05, 4.69) is 47.5 Å². The quantitative estimate of drug-likeness (QED) is 0.855. The maximum atomic E-state index is 6.35. The van der Waals surface area contributed by atoms with E-state index >= 15 is 0 Å². The highest BCUT2D eigenvalue weighted by atomic mass is 35.5. The number of hydrogen-bond acceptors (Lipinski definition) is 2. The Morgan fingerprint density at radius 2 is 1.91 bits per heavy atom. The van der Waals surface area contributed by atoms with Crippen LogP contribution in [0.15, 0.2) is 36.4 Å². The summed E-state index contributed by atoms with van der Waals surface area (Å²) in [4.78, 5) is 2.62. The zero-order valence-electron chi connectivity index (χ0n) is 12.9. The Bertz CT molecular complexity index is 711. The molecule has 1 saturated heterocycles. The van der Waals surface area contributed by atoms with Gasteiger partial charge in [-0.15, -0.1) is 0 Å². The molecule has 0 spiro atoms. The summed E-state index contributed by atoms with van der Waals surface area (Å²) in [5, 5.41) is 4.37. The van der Waals surface area contributed by atoms with Crippen LogP contribution in [0.2, 0.25) is 5.02 Å². The topological polar surface area (TPSA) is 15.3 Å². The third kappa shape index (κ3) is 2.22. The number of benzene rings is 2. The number of rotatable bonds is 1. The first kappa shape index (κ1) is 14.1. The minimum atomic E-state index is 0.644. The van der Waals surface area contributed by atoms with Crippen LogP contribution in [-0.2, 0) is 6.42 Å². The standard InChI is InChI=1S/C19H21ClN2/c1-13-16(5-3-7-18(13)20)17-6-2-4-14-12-15-8-9-21-10-11-22(15)19(14)17/h2-7,15,21H,8-12H2,1H3. The summed E-state index contributed by atoms with van der Waals surface area (Å²) in [5.41, 5.74) is 6.70. The van der Waals surface area contributed by atoms with E-state index in [1.807, 2.05) is 6.07 Å². The van der Waals surface area contributed by atoms with Crippen LogP contribution in [-0.4, -0.2) is 25.7 Å². The summed E-state index contributed by atoms with van der Waals surface area (Å²) in [5.74, 6) is 0. The maximum Gasteiger partial charge on any atom is 0.0482 e. The van der Waals surface area contributed by atoms with Crippen LogP contribution in [0.1, 0.15) is 17.5 Å². The largest absolute Gasteiger partial charge is 0.366 e. The van der Waals surface area contributed by atoms with E-state index in [9.17, 15) is 0 Å². The highest BCUT2D eigenvalue weighted by molar-refractivity contribution is 6.31. The minimum Gasteiger partial charge on any atom is -0.366 e. The van der Waals surface area contributed by atoms with Crippen molar-refractivity contribution in [1.29, 1.82) is 0 Å². The van der Waals surface area contributed by atoms with Gasteiger partial charge in [0.05, 0.1) is 0 Å². The molecule has 2 heterocycles. The summed E-state index contributed by atoms with van der Waals surface area (Å²) in [6, 6.07) is 13.6. The minimum absolute atomic E-state index is 0.644. The third-order valence-corrected chi connectivity index (χ3v) is 5.45. The van der Waals surface area contributed by atoms with Gasteiger partial charge in [-0.05, 0) is 49.1 Å². The van der Waals surface area contributed by atoms with E-state index < -0.39 is 0 Å². The molecule has 0 radical (unpaired) electrons. The van der Waals surface area contributed by atoms with Gasteiger partial charge in [-0.25, -0.2) is 0 Å². The van der Waals surface area contributed by atoms with Crippen LogP contribution < -0.4 is 10.2 Å². The zero-order valence-corrected chi connectivity index (χ0v) is 13.7. The van der Waals surface area contributed by atoms with Gasteiger partial charge in [0.15, 0.2) is 0 Å². The van der Waals surface area contributed by atoms with E-state index in [-0.39, 0.29) is 0 Å². The van der Waals surface area contributed by atoms with Crippen LogP contribution in [0.4, 0.5) is 5.69 Å². The first-order chi connectivity index (χ1) is 10.8. The fourth-order valence-corrected chi connectivity index (χ4v) is 4.08. The average molecular weight is 313 g/mol. The predicted molar refractivity (Wildman–Crippen MR) is 93.9 cm³/mol. The van der Waals surface area contributed by atoms with Crippen LogP contribution in [0.5, 0.6) is 0 Å². The van der Waals surface area contributed by atoms with Crippen molar-refractivity contribution in [2.24, 2.45) is 0 Å². The fourth-order valence-electron chi connectivity index (χ4n) is 3.90. The van der Waals surface area contributed by atoms with Crippen LogP contribution in [0.3, 0.4) is 0 Å². The van der Waals surface area contributed by atoms with E-state index in [1.165, 1.54) is 40.8 Å². The summed E-state index contributed by atoms with van der Waals surface area (Å²) < 4.78 is 0. The molecule has 0 aliphatic carbocycles. The van der Waals surface area contributed by atoms with E-state index in [0.717, 1.165) is 24.7 Å². The number of para-hydroxylation sites is 1. The Morgan fingerprint density at radius 1 is 1.09 bits per heavy atom. The number of hydrogen-bond donors (Lipinski definition) is 1. The van der Waals surface area contributed by atoms with Gasteiger partial charge < -0.3 is 10.2 Å². The summed E-state index contributed by atoms with van der Waals surface area (Å²) >= 11 is 6.35. The molecule has 4 rings (SSSR count). The van der Waals surface area contributed by atoms with Gasteiger partial charge >= 0.3 is 0 Å². The molecule has 0 saturated carbocycles. The van der Waals surface area contributed by atoms with Gasteiger partial charge in [-0.1, -0.05) is 41.9 Å². The van der Waals surface area contributed by atoms with Gasteiger partial charge in [0, 0.05) is 35.4 Å². The third-order valence-electron chi connectivity index (χ3n) is 5.04. The monoisotopic (exact) mass is 312 g/mol. The Hall–Kier alpha value is -1.51. The molecule has 0 amide bonds. The lowest BCUT2D eigenvalue weighted by Crippen LogP contribution is -2.33. The normalized spacial score (nSPS) is 20.5. The second-order valence-corrected chi connectivity index (χ2v) is 6.72. The summed E-state index contributed by atoms with van der Waals surface area (Å²) in [6.07, 6.45) is 2.40. The van der Waals surface area contributed by atoms with Crippen molar-refractivity contribution in [2.75, 3.05) is 24.5 Å². The molecule has 1 fully saturated rings. The lowest BCUT2D eigenvalue weighted by Gasteiger charge is -2.27. The maximum absolute atomic E-state index is 6.35. The Balaban J connectivity index is 1.87. The van der Waals surface area contributed by atoms with Gasteiger partial charge in [-0.2, -0.15) is 0 Å². The lowest BCUT2D eigenvalue weighted by molar-refractivity contribution is 0.612. The molecule has 22 heavy (non-hydrogen) atoms. The van der Waals surface area contributed by atoms with Crippen molar-refractivity contribution in [3.63, 3.8) is 0 Å². The molecule has 3 heteroatoms. The molecule has 2 aliphatic heterocycles. The van der Waals surface area contributed by atoms with Gasteiger partial charge in [0.25, 0.3) is 0 Å². The number of halogens is 1. The lowest BCUT2D eigenvalue weighted by atomic mass is 9.96. The Kier molecular flexibility index (Phi) is 3.59. The first-order valence-electron chi connectivity index (χ1n) is 8.10. The molecular weight excluding hydrogens is 292 g/mol. The SMILES string of the molecule is Cc1c(Cl)cccc1-c1cccc2c1N1CCNCCC1C2.